The lowest BCUT2D eigenvalue weighted by Crippen LogP contribution is -2.30. The van der Waals surface area contributed by atoms with Gasteiger partial charge in [-0.3, -0.25) is 23.4 Å². The lowest BCUT2D eigenvalue weighted by molar-refractivity contribution is -0.161. The fourth-order valence-electron chi connectivity index (χ4n) is 6.29. The summed E-state index contributed by atoms with van der Waals surface area (Å²) in [6, 6.07) is 0. The highest BCUT2D eigenvalue weighted by atomic mass is 31.2. The summed E-state index contributed by atoms with van der Waals surface area (Å²) in [4.78, 5) is 48.3. The number of aliphatic hydroxyl groups is 1. The first-order chi connectivity index (χ1) is 33.2. The van der Waals surface area contributed by atoms with E-state index in [0.717, 1.165) is 109 Å². The molecule has 0 fully saturated rings. The number of rotatable bonds is 46. The van der Waals surface area contributed by atoms with Gasteiger partial charge in [-0.2, -0.15) is 0 Å². The van der Waals surface area contributed by atoms with E-state index in [9.17, 15) is 28.9 Å². The monoisotopic (exact) mass is 971 g/mol. The zero-order valence-electron chi connectivity index (χ0n) is 42.3. The molecule has 0 spiro atoms. The van der Waals surface area contributed by atoms with Gasteiger partial charge in [-0.15, -0.1) is 0 Å². The SMILES string of the molecule is CC/C=C\C/C=C\C/C=C\C/C=C\CCC(=O)OC(COC(=O)CCCCCCC/C=C\C/C=C\CCCCC)COP(=O)(O)OCC(CO)OC(=O)CCCCC/C=C\C/C=C\C/C=C\CC. The fourth-order valence-corrected chi connectivity index (χ4v) is 7.08. The third-order valence-electron chi connectivity index (χ3n) is 10.2. The number of ether oxygens (including phenoxy) is 3. The molecule has 0 rings (SSSR count). The van der Waals surface area contributed by atoms with Crippen LogP contribution in [-0.4, -0.2) is 66.5 Å². The van der Waals surface area contributed by atoms with Gasteiger partial charge in [0.25, 0.3) is 0 Å². The van der Waals surface area contributed by atoms with E-state index in [4.69, 9.17) is 23.3 Å². The van der Waals surface area contributed by atoms with E-state index < -0.39 is 57.8 Å². The standard InChI is InChI=1S/C56H91O11P/c1-4-7-10-13-16-19-22-25-26-29-30-33-36-39-42-45-54(58)63-49-53(67-56(60)47-44-41-38-35-32-28-24-21-18-15-12-9-6-3)51-65-68(61,62)64-50-52(48-57)66-55(59)46-43-40-37-34-31-27-23-20-17-14-11-8-5-2/h8-9,11-12,16-21,25-28,31-32,38,41,52-53,57H,4-7,10,13-15,22-24,29-30,33-37,39-40,42-51H2,1-3H3,(H,61,62)/b11-8-,12-9-,19-16-,20-17-,21-18-,26-25-,31-27-,32-28-,41-38-. The average Bonchev–Trinajstić information content (AvgIpc) is 3.32. The zero-order valence-corrected chi connectivity index (χ0v) is 43.2. The smallest absolute Gasteiger partial charge is 0.462 e. The van der Waals surface area contributed by atoms with Crippen molar-refractivity contribution in [2.24, 2.45) is 0 Å². The van der Waals surface area contributed by atoms with Gasteiger partial charge in [0.2, 0.25) is 0 Å². The van der Waals surface area contributed by atoms with E-state index in [1.54, 1.807) is 0 Å². The summed E-state index contributed by atoms with van der Waals surface area (Å²) >= 11 is 0. The highest BCUT2D eigenvalue weighted by Gasteiger charge is 2.28. The molecule has 0 aromatic carbocycles. The first-order valence-corrected chi connectivity index (χ1v) is 27.3. The van der Waals surface area contributed by atoms with Crippen molar-refractivity contribution in [2.75, 3.05) is 26.4 Å². The fraction of sp³-hybridized carbons (Fsp3) is 0.625. The second-order valence-corrected chi connectivity index (χ2v) is 18.0. The van der Waals surface area contributed by atoms with Crippen LogP contribution in [0.1, 0.15) is 188 Å². The van der Waals surface area contributed by atoms with Gasteiger partial charge in [-0.05, 0) is 109 Å². The van der Waals surface area contributed by atoms with Crippen molar-refractivity contribution in [3.05, 3.63) is 109 Å². The molecule has 0 amide bonds. The second-order valence-electron chi connectivity index (χ2n) is 16.6. The lowest BCUT2D eigenvalue weighted by Gasteiger charge is -2.21. The Balaban J connectivity index is 4.88. The largest absolute Gasteiger partial charge is 0.472 e. The van der Waals surface area contributed by atoms with E-state index >= 15 is 0 Å². The Morgan fingerprint density at radius 3 is 1.28 bits per heavy atom. The molecule has 0 aliphatic carbocycles. The number of hydrogen-bond donors (Lipinski definition) is 2. The average molecular weight is 971 g/mol. The molecule has 2 N–H and O–H groups in total. The number of allylic oxidation sites excluding steroid dienone is 18. The molecule has 3 unspecified atom stereocenters. The number of esters is 3. The molecule has 11 nitrogen and oxygen atoms in total. The van der Waals surface area contributed by atoms with E-state index in [1.807, 2.05) is 12.2 Å². The van der Waals surface area contributed by atoms with Crippen LogP contribution in [-0.2, 0) is 42.2 Å². The maximum absolute atomic E-state index is 12.8. The molecule has 12 heteroatoms. The highest BCUT2D eigenvalue weighted by molar-refractivity contribution is 7.47. The Bertz CT molecular complexity index is 1550. The van der Waals surface area contributed by atoms with Crippen molar-refractivity contribution in [3.8, 4) is 0 Å². The van der Waals surface area contributed by atoms with Crippen LogP contribution in [0.25, 0.3) is 0 Å². The summed E-state index contributed by atoms with van der Waals surface area (Å²) in [7, 11) is -4.78. The Labute approximate surface area is 412 Å². The molecular weight excluding hydrogens is 880 g/mol. The van der Waals surface area contributed by atoms with Crippen molar-refractivity contribution in [1.29, 1.82) is 0 Å². The van der Waals surface area contributed by atoms with Gasteiger partial charge >= 0.3 is 25.7 Å². The molecule has 68 heavy (non-hydrogen) atoms. The molecule has 386 valence electrons. The predicted molar refractivity (Wildman–Crippen MR) is 279 cm³/mol. The van der Waals surface area contributed by atoms with E-state index in [-0.39, 0.29) is 25.9 Å². The van der Waals surface area contributed by atoms with Crippen LogP contribution in [0.4, 0.5) is 0 Å². The summed E-state index contributed by atoms with van der Waals surface area (Å²) in [5, 5.41) is 9.76. The topological polar surface area (TPSA) is 155 Å². The molecule has 0 aromatic heterocycles. The van der Waals surface area contributed by atoms with Gasteiger partial charge < -0.3 is 24.2 Å². The summed E-state index contributed by atoms with van der Waals surface area (Å²) in [6.07, 6.45) is 57.9. The molecule has 0 saturated carbocycles. The number of carbonyl (C=O) groups is 3. The molecule has 0 aromatic rings. The minimum atomic E-state index is -4.78. The third kappa shape index (κ3) is 47.2. The summed E-state index contributed by atoms with van der Waals surface area (Å²) in [5.41, 5.74) is 0. The molecule has 0 radical (unpaired) electrons. The Hall–Kier alpha value is -3.86. The highest BCUT2D eigenvalue weighted by Crippen LogP contribution is 2.43. The predicted octanol–water partition coefficient (Wildman–Crippen LogP) is 14.7. The number of carbonyl (C=O) groups excluding carboxylic acids is 3. The van der Waals surface area contributed by atoms with Crippen molar-refractivity contribution in [3.63, 3.8) is 0 Å². The van der Waals surface area contributed by atoms with Gasteiger partial charge in [0.15, 0.2) is 6.10 Å². The first-order valence-electron chi connectivity index (χ1n) is 25.8. The summed E-state index contributed by atoms with van der Waals surface area (Å²) in [6.45, 7) is 4.21. The number of phosphoric acid groups is 1. The van der Waals surface area contributed by atoms with Gasteiger partial charge in [-0.1, -0.05) is 169 Å². The Morgan fingerprint density at radius 1 is 0.426 bits per heavy atom. The number of aliphatic hydroxyl groups excluding tert-OH is 1. The third-order valence-corrected chi connectivity index (χ3v) is 11.1. The van der Waals surface area contributed by atoms with Crippen molar-refractivity contribution >= 4 is 25.7 Å². The number of phosphoric ester groups is 1. The molecule has 0 saturated heterocycles. The summed E-state index contributed by atoms with van der Waals surface area (Å²) < 4.78 is 39.2. The van der Waals surface area contributed by atoms with Gasteiger partial charge in [0.1, 0.15) is 12.7 Å². The van der Waals surface area contributed by atoms with Crippen molar-refractivity contribution in [2.45, 2.75) is 200 Å². The molecular formula is C56H91O11P. The maximum Gasteiger partial charge on any atom is 0.472 e. The zero-order chi connectivity index (χ0) is 49.9. The first kappa shape index (κ1) is 64.1. The van der Waals surface area contributed by atoms with Crippen LogP contribution in [0.2, 0.25) is 0 Å². The van der Waals surface area contributed by atoms with Gasteiger partial charge in [-0.25, -0.2) is 4.57 Å². The number of unbranched alkanes of at least 4 members (excludes halogenated alkanes) is 11. The normalized spacial score (nSPS) is 14.4. The lowest BCUT2D eigenvalue weighted by atomic mass is 10.1. The number of hydrogen-bond acceptors (Lipinski definition) is 10. The van der Waals surface area contributed by atoms with Crippen LogP contribution in [0.15, 0.2) is 109 Å². The van der Waals surface area contributed by atoms with Crippen LogP contribution < -0.4 is 0 Å². The van der Waals surface area contributed by atoms with E-state index in [0.29, 0.717) is 19.3 Å². The minimum Gasteiger partial charge on any atom is -0.462 e. The van der Waals surface area contributed by atoms with Crippen molar-refractivity contribution < 1.29 is 52.2 Å². The second kappa shape index (κ2) is 49.6. The molecule has 0 bridgehead atoms. The van der Waals surface area contributed by atoms with Crippen molar-refractivity contribution in [1.82, 2.24) is 0 Å². The minimum absolute atomic E-state index is 0.0357. The van der Waals surface area contributed by atoms with Crippen LogP contribution >= 0.6 is 7.82 Å². The quantitative estimate of drug-likeness (QED) is 0.0197. The molecule has 3 atom stereocenters. The van der Waals surface area contributed by atoms with Crippen LogP contribution in [0.5, 0.6) is 0 Å². The van der Waals surface area contributed by atoms with E-state index in [1.165, 1.54) is 19.3 Å². The van der Waals surface area contributed by atoms with E-state index in [2.05, 4.69) is 118 Å². The molecule has 0 aliphatic rings. The summed E-state index contributed by atoms with van der Waals surface area (Å²) in [5.74, 6) is -1.63. The maximum atomic E-state index is 12.8. The Kier molecular flexibility index (Phi) is 46.7. The van der Waals surface area contributed by atoms with Gasteiger partial charge in [0.05, 0.1) is 19.8 Å². The molecule has 0 heterocycles. The Morgan fingerprint density at radius 2 is 0.794 bits per heavy atom. The van der Waals surface area contributed by atoms with Crippen LogP contribution in [0.3, 0.4) is 0 Å². The molecule has 0 aliphatic heterocycles. The van der Waals surface area contributed by atoms with Gasteiger partial charge in [0, 0.05) is 19.3 Å². The van der Waals surface area contributed by atoms with Crippen LogP contribution in [0, 0.1) is 0 Å².